The van der Waals surface area contributed by atoms with E-state index < -0.39 is 0 Å². The van der Waals surface area contributed by atoms with Crippen LogP contribution in [0, 0.1) is 5.82 Å². The molecular weight excluding hydrogens is 285 g/mol. The van der Waals surface area contributed by atoms with Crippen LogP contribution in [0.1, 0.15) is 23.0 Å². The van der Waals surface area contributed by atoms with Crippen LogP contribution < -0.4 is 5.32 Å². The number of imidazole rings is 1. The van der Waals surface area contributed by atoms with Crippen LogP contribution in [0.3, 0.4) is 0 Å². The van der Waals surface area contributed by atoms with Gasteiger partial charge in [-0.2, -0.15) is 11.3 Å². The molecule has 3 rings (SSSR count). The predicted molar refractivity (Wildman–Crippen MR) is 82.6 cm³/mol. The number of nitrogens with one attached hydrogen (secondary N) is 1. The van der Waals surface area contributed by atoms with Crippen LogP contribution in [-0.4, -0.2) is 9.55 Å². The Labute approximate surface area is 127 Å². The fourth-order valence-corrected chi connectivity index (χ4v) is 2.95. The molecule has 0 bridgehead atoms. The van der Waals surface area contributed by atoms with E-state index in [9.17, 15) is 4.39 Å². The Morgan fingerprint density at radius 3 is 2.71 bits per heavy atom. The van der Waals surface area contributed by atoms with Gasteiger partial charge in [-0.25, -0.2) is 9.37 Å². The number of hydrogen-bond acceptors (Lipinski definition) is 3. The quantitative estimate of drug-likeness (QED) is 0.781. The molecule has 0 saturated carbocycles. The Bertz CT molecular complexity index is 689. The van der Waals surface area contributed by atoms with Crippen molar-refractivity contribution >= 4 is 11.3 Å². The first-order valence-corrected chi connectivity index (χ1v) is 7.65. The molecule has 2 heterocycles. The molecule has 1 N–H and O–H groups in total. The fraction of sp³-hybridized carbons (Fsp3) is 0.188. The van der Waals surface area contributed by atoms with Crippen molar-refractivity contribution in [3.63, 3.8) is 0 Å². The first kappa shape index (κ1) is 14.0. The molecule has 1 atom stereocenters. The first-order chi connectivity index (χ1) is 10.2. The number of rotatable bonds is 5. The van der Waals surface area contributed by atoms with E-state index in [-0.39, 0.29) is 11.9 Å². The molecule has 0 aliphatic carbocycles. The lowest BCUT2D eigenvalue weighted by Gasteiger charge is -2.19. The maximum atomic E-state index is 13.1. The zero-order chi connectivity index (χ0) is 14.7. The summed E-state index contributed by atoms with van der Waals surface area (Å²) in [5.41, 5.74) is 2.24. The molecule has 5 heteroatoms. The number of thiophene rings is 1. The first-order valence-electron chi connectivity index (χ1n) is 6.71. The molecule has 0 aliphatic heterocycles. The lowest BCUT2D eigenvalue weighted by atomic mass is 10.1. The van der Waals surface area contributed by atoms with Crippen molar-refractivity contribution in [2.75, 3.05) is 0 Å². The fourth-order valence-electron chi connectivity index (χ4n) is 2.28. The van der Waals surface area contributed by atoms with Crippen molar-refractivity contribution in [2.45, 2.75) is 12.6 Å². The van der Waals surface area contributed by atoms with Crippen LogP contribution in [0.25, 0.3) is 0 Å². The minimum atomic E-state index is -0.227. The number of nitrogens with zero attached hydrogens (tertiary/aromatic N) is 2. The Hall–Kier alpha value is -1.98. The lowest BCUT2D eigenvalue weighted by molar-refractivity contribution is 0.556. The van der Waals surface area contributed by atoms with Gasteiger partial charge in [0, 0.05) is 26.0 Å². The Balaban J connectivity index is 1.87. The van der Waals surface area contributed by atoms with E-state index >= 15 is 0 Å². The second-order valence-corrected chi connectivity index (χ2v) is 5.67. The second-order valence-electron chi connectivity index (χ2n) is 4.89. The minimum Gasteiger partial charge on any atom is -0.336 e. The normalized spacial score (nSPS) is 12.5. The highest BCUT2D eigenvalue weighted by atomic mass is 32.1. The van der Waals surface area contributed by atoms with E-state index in [2.05, 4.69) is 27.1 Å². The van der Waals surface area contributed by atoms with Gasteiger partial charge in [-0.15, -0.1) is 0 Å². The zero-order valence-electron chi connectivity index (χ0n) is 11.7. The Kier molecular flexibility index (Phi) is 4.13. The van der Waals surface area contributed by atoms with E-state index in [1.165, 1.54) is 17.7 Å². The maximum Gasteiger partial charge on any atom is 0.130 e. The molecule has 108 valence electrons. The molecule has 3 nitrogen and oxygen atoms in total. The van der Waals surface area contributed by atoms with E-state index in [4.69, 9.17) is 0 Å². The summed E-state index contributed by atoms with van der Waals surface area (Å²) in [5, 5.41) is 7.68. The van der Waals surface area contributed by atoms with Crippen LogP contribution >= 0.6 is 11.3 Å². The molecule has 2 aromatic heterocycles. The summed E-state index contributed by atoms with van der Waals surface area (Å²) in [7, 11) is 1.96. The monoisotopic (exact) mass is 301 g/mol. The molecule has 0 aliphatic rings. The Morgan fingerprint density at radius 1 is 1.29 bits per heavy atom. The zero-order valence-corrected chi connectivity index (χ0v) is 12.5. The number of hydrogen-bond donors (Lipinski definition) is 1. The summed E-state index contributed by atoms with van der Waals surface area (Å²) in [5.74, 6) is 0.687. The molecule has 21 heavy (non-hydrogen) atoms. The van der Waals surface area contributed by atoms with E-state index in [0.717, 1.165) is 17.9 Å². The van der Waals surface area contributed by atoms with Gasteiger partial charge in [0.1, 0.15) is 11.6 Å². The highest BCUT2D eigenvalue weighted by molar-refractivity contribution is 7.07. The van der Waals surface area contributed by atoms with E-state index in [1.54, 1.807) is 29.7 Å². The van der Waals surface area contributed by atoms with E-state index in [1.807, 2.05) is 17.8 Å². The van der Waals surface area contributed by atoms with Crippen LogP contribution in [0.4, 0.5) is 4.39 Å². The predicted octanol–water partition coefficient (Wildman–Crippen LogP) is 3.50. The largest absolute Gasteiger partial charge is 0.336 e. The molecule has 3 aromatic rings. The number of benzene rings is 1. The summed E-state index contributed by atoms with van der Waals surface area (Å²) < 4.78 is 15.1. The van der Waals surface area contributed by atoms with Crippen molar-refractivity contribution in [1.82, 2.24) is 14.9 Å². The molecule has 0 unspecified atom stereocenters. The topological polar surface area (TPSA) is 29.9 Å². The molecule has 0 amide bonds. The summed E-state index contributed by atoms with van der Waals surface area (Å²) in [6, 6.07) is 8.60. The second kappa shape index (κ2) is 6.20. The molecule has 0 spiro atoms. The summed E-state index contributed by atoms with van der Waals surface area (Å²) >= 11 is 1.68. The molecule has 1 aromatic carbocycles. The lowest BCUT2D eigenvalue weighted by Crippen LogP contribution is -2.24. The Morgan fingerprint density at radius 2 is 2.10 bits per heavy atom. The van der Waals surface area contributed by atoms with Gasteiger partial charge in [0.25, 0.3) is 0 Å². The average molecular weight is 301 g/mol. The molecule has 0 fully saturated rings. The molecular formula is C16H16FN3S. The van der Waals surface area contributed by atoms with Gasteiger partial charge in [-0.1, -0.05) is 12.1 Å². The summed E-state index contributed by atoms with van der Waals surface area (Å²) in [6.07, 6.45) is 3.69. The van der Waals surface area contributed by atoms with Gasteiger partial charge >= 0.3 is 0 Å². The number of halogens is 1. The van der Waals surface area contributed by atoms with E-state index in [0.29, 0.717) is 0 Å². The van der Waals surface area contributed by atoms with Crippen LogP contribution in [0.5, 0.6) is 0 Å². The van der Waals surface area contributed by atoms with Crippen LogP contribution in [-0.2, 0) is 13.6 Å². The average Bonchev–Trinajstić information content (AvgIpc) is 3.13. The highest BCUT2D eigenvalue weighted by Gasteiger charge is 2.17. The SMILES string of the molecule is Cn1ccnc1[C@H](NCc1ccsc1)c1ccc(F)cc1. The third kappa shape index (κ3) is 3.20. The van der Waals surface area contributed by atoms with Crippen LogP contribution in [0.15, 0.2) is 53.5 Å². The summed E-state index contributed by atoms with van der Waals surface area (Å²) in [4.78, 5) is 4.42. The van der Waals surface area contributed by atoms with Gasteiger partial charge in [-0.05, 0) is 40.1 Å². The number of aromatic nitrogens is 2. The summed E-state index contributed by atoms with van der Waals surface area (Å²) in [6.45, 7) is 0.748. The van der Waals surface area contributed by atoms with Crippen molar-refractivity contribution < 1.29 is 4.39 Å². The van der Waals surface area contributed by atoms with Gasteiger partial charge in [0.15, 0.2) is 0 Å². The third-order valence-electron chi connectivity index (χ3n) is 3.41. The van der Waals surface area contributed by atoms with Gasteiger partial charge < -0.3 is 4.57 Å². The van der Waals surface area contributed by atoms with Gasteiger partial charge in [0.2, 0.25) is 0 Å². The van der Waals surface area contributed by atoms with Gasteiger partial charge in [0.05, 0.1) is 6.04 Å². The maximum absolute atomic E-state index is 13.1. The standard InChI is InChI=1S/C16H16FN3S/c1-20-8-7-18-16(20)15(13-2-4-14(17)5-3-13)19-10-12-6-9-21-11-12/h2-9,11,15,19H,10H2,1H3/t15-/m1/s1. The van der Waals surface area contributed by atoms with Crippen LogP contribution in [0.2, 0.25) is 0 Å². The molecule has 0 radical (unpaired) electrons. The number of aryl methyl sites for hydroxylation is 1. The smallest absolute Gasteiger partial charge is 0.130 e. The minimum absolute atomic E-state index is 0.0644. The van der Waals surface area contributed by atoms with Crippen molar-refractivity contribution in [3.8, 4) is 0 Å². The van der Waals surface area contributed by atoms with Gasteiger partial charge in [-0.3, -0.25) is 5.32 Å². The van der Waals surface area contributed by atoms with Crippen molar-refractivity contribution in [1.29, 1.82) is 0 Å². The third-order valence-corrected chi connectivity index (χ3v) is 4.14. The van der Waals surface area contributed by atoms with Crippen molar-refractivity contribution in [2.24, 2.45) is 7.05 Å². The highest BCUT2D eigenvalue weighted by Crippen LogP contribution is 2.21. The molecule has 0 saturated heterocycles. The van der Waals surface area contributed by atoms with Crippen molar-refractivity contribution in [3.05, 3.63) is 76.3 Å².